The van der Waals surface area contributed by atoms with E-state index < -0.39 is 5.97 Å². The number of rotatable bonds is 8. The number of thioether (sulfide) groups is 1. The van der Waals surface area contributed by atoms with E-state index in [9.17, 15) is 9.59 Å². The van der Waals surface area contributed by atoms with E-state index in [0.29, 0.717) is 0 Å². The Hall–Kier alpha value is -0.950. The highest BCUT2D eigenvalue weighted by atomic mass is 32.2. The van der Waals surface area contributed by atoms with Crippen molar-refractivity contribution >= 4 is 23.8 Å². The summed E-state index contributed by atoms with van der Waals surface area (Å²) in [6, 6.07) is 0.347. The van der Waals surface area contributed by atoms with Crippen molar-refractivity contribution in [3.05, 3.63) is 0 Å². The topological polar surface area (TPSA) is 81.7 Å². The van der Waals surface area contributed by atoms with E-state index in [1.807, 2.05) is 23.6 Å². The van der Waals surface area contributed by atoms with E-state index in [1.165, 1.54) is 12.8 Å². The highest BCUT2D eigenvalue weighted by Gasteiger charge is 2.42. The molecule has 2 amide bonds. The van der Waals surface area contributed by atoms with Crippen LogP contribution in [0.25, 0.3) is 0 Å². The summed E-state index contributed by atoms with van der Waals surface area (Å²) in [6.45, 7) is 3.51. The first-order valence-corrected chi connectivity index (χ1v) is 8.76. The van der Waals surface area contributed by atoms with Crippen LogP contribution in [-0.2, 0) is 4.79 Å². The molecule has 0 aliphatic heterocycles. The quantitative estimate of drug-likeness (QED) is 0.625. The van der Waals surface area contributed by atoms with Crippen molar-refractivity contribution in [1.29, 1.82) is 0 Å². The number of carboxylic acid groups (broad SMARTS) is 1. The zero-order chi connectivity index (χ0) is 15.5. The van der Waals surface area contributed by atoms with Crippen molar-refractivity contribution < 1.29 is 14.7 Å². The predicted octanol–water partition coefficient (Wildman–Crippen LogP) is 1.12. The molecule has 2 aliphatic carbocycles. The number of amides is 2. The van der Waals surface area contributed by atoms with Gasteiger partial charge in [0.25, 0.3) is 0 Å². The number of aliphatic carboxylic acids is 1. The van der Waals surface area contributed by atoms with Crippen molar-refractivity contribution in [3.8, 4) is 0 Å². The van der Waals surface area contributed by atoms with Gasteiger partial charge < -0.3 is 15.7 Å². The predicted molar refractivity (Wildman–Crippen MR) is 83.7 cm³/mol. The van der Waals surface area contributed by atoms with Gasteiger partial charge in [0, 0.05) is 23.4 Å². The average molecular weight is 315 g/mol. The molecule has 0 unspecified atom stereocenters. The molecule has 120 valence electrons. The lowest BCUT2D eigenvalue weighted by Crippen LogP contribution is -2.56. The molecule has 6 nitrogen and oxygen atoms in total. The highest BCUT2D eigenvalue weighted by Crippen LogP contribution is 2.46. The van der Waals surface area contributed by atoms with Gasteiger partial charge in [-0.15, -0.1) is 0 Å². The summed E-state index contributed by atoms with van der Waals surface area (Å²) in [6.07, 6.45) is 6.12. The summed E-state index contributed by atoms with van der Waals surface area (Å²) >= 11 is 1.83. The lowest BCUT2D eigenvalue weighted by atomic mass is 9.85. The zero-order valence-electron chi connectivity index (χ0n) is 12.7. The van der Waals surface area contributed by atoms with Gasteiger partial charge in [0.05, 0.1) is 6.54 Å². The largest absolute Gasteiger partial charge is 0.480 e. The Morgan fingerprint density at radius 1 is 1.38 bits per heavy atom. The summed E-state index contributed by atoms with van der Waals surface area (Å²) in [5.74, 6) is -0.794. The molecule has 2 saturated carbocycles. The molecule has 7 heteroatoms. The Bertz CT molecular complexity index is 395. The van der Waals surface area contributed by atoms with Gasteiger partial charge in [-0.1, -0.05) is 6.92 Å². The number of urea groups is 1. The third-order valence-electron chi connectivity index (χ3n) is 4.52. The fourth-order valence-corrected chi connectivity index (χ4v) is 3.47. The molecule has 0 aromatic rings. The fraction of sp³-hybridized carbons (Fsp3) is 0.857. The number of nitrogens with zero attached hydrogens (tertiary/aromatic N) is 1. The van der Waals surface area contributed by atoms with E-state index >= 15 is 0 Å². The number of nitrogens with one attached hydrogen (secondary N) is 2. The van der Waals surface area contributed by atoms with Gasteiger partial charge >= 0.3 is 12.0 Å². The molecule has 0 aromatic heterocycles. The first-order valence-electron chi connectivity index (χ1n) is 7.53. The minimum atomic E-state index is -0.794. The Kier molecular flexibility index (Phi) is 5.37. The molecule has 0 heterocycles. The minimum Gasteiger partial charge on any atom is -0.480 e. The second-order valence-electron chi connectivity index (χ2n) is 5.99. The smallest absolute Gasteiger partial charge is 0.317 e. The third-order valence-corrected chi connectivity index (χ3v) is 5.94. The maximum Gasteiger partial charge on any atom is 0.317 e. The van der Waals surface area contributed by atoms with Crippen LogP contribution in [0, 0.1) is 0 Å². The zero-order valence-corrected chi connectivity index (χ0v) is 13.5. The van der Waals surface area contributed by atoms with E-state index in [-0.39, 0.29) is 29.4 Å². The van der Waals surface area contributed by atoms with E-state index in [2.05, 4.69) is 16.9 Å². The summed E-state index contributed by atoms with van der Waals surface area (Å²) in [7, 11) is 0. The number of hydrogen-bond acceptors (Lipinski definition) is 4. The fourth-order valence-electron chi connectivity index (χ4n) is 2.75. The van der Waals surface area contributed by atoms with Crippen LogP contribution in [0.1, 0.15) is 32.6 Å². The Labute approximate surface area is 130 Å². The van der Waals surface area contributed by atoms with Crippen molar-refractivity contribution in [2.45, 2.75) is 49.4 Å². The lowest BCUT2D eigenvalue weighted by molar-refractivity contribution is -0.139. The van der Waals surface area contributed by atoms with Crippen LogP contribution in [0.3, 0.4) is 0 Å². The van der Waals surface area contributed by atoms with Crippen LogP contribution in [0.2, 0.25) is 0 Å². The van der Waals surface area contributed by atoms with Crippen LogP contribution in [0.4, 0.5) is 4.79 Å². The molecule has 0 atom stereocenters. The summed E-state index contributed by atoms with van der Waals surface area (Å²) < 4.78 is 0.278. The summed E-state index contributed by atoms with van der Waals surface area (Å²) in [5, 5.41) is 14.8. The van der Waals surface area contributed by atoms with Gasteiger partial charge in [-0.05, 0) is 38.5 Å². The van der Waals surface area contributed by atoms with Gasteiger partial charge in [-0.25, -0.2) is 4.79 Å². The van der Waals surface area contributed by atoms with Crippen molar-refractivity contribution in [2.24, 2.45) is 0 Å². The lowest BCUT2D eigenvalue weighted by Gasteiger charge is -2.42. The van der Waals surface area contributed by atoms with Crippen LogP contribution < -0.4 is 10.6 Å². The SMILES string of the molecule is CCN(CC(=O)O)C1CC(NC(=O)NCC2(SC)CC2)C1. The number of hydrogen-bond donors (Lipinski definition) is 3. The van der Waals surface area contributed by atoms with E-state index in [1.54, 1.807) is 0 Å². The molecule has 2 rings (SSSR count). The molecule has 0 radical (unpaired) electrons. The first kappa shape index (κ1) is 16.4. The Morgan fingerprint density at radius 2 is 2.05 bits per heavy atom. The van der Waals surface area contributed by atoms with Crippen molar-refractivity contribution in [3.63, 3.8) is 0 Å². The standard InChI is InChI=1S/C14H25N3O3S/c1-3-17(8-12(18)19)11-6-10(7-11)16-13(20)15-9-14(21-2)4-5-14/h10-11H,3-9H2,1-2H3,(H,18,19)(H2,15,16,20). The number of carboxylic acids is 1. The molecular formula is C14H25N3O3S. The van der Waals surface area contributed by atoms with Gasteiger partial charge in [-0.2, -0.15) is 11.8 Å². The van der Waals surface area contributed by atoms with Crippen LogP contribution in [-0.4, -0.2) is 64.7 Å². The Morgan fingerprint density at radius 3 is 2.52 bits per heavy atom. The average Bonchev–Trinajstić information content (AvgIpc) is 3.18. The van der Waals surface area contributed by atoms with E-state index in [0.717, 1.165) is 25.9 Å². The molecule has 0 saturated heterocycles. The molecule has 2 aliphatic rings. The first-order chi connectivity index (χ1) is 9.98. The third kappa shape index (κ3) is 4.51. The number of carbonyl (C=O) groups is 2. The Balaban J connectivity index is 1.63. The molecule has 2 fully saturated rings. The maximum absolute atomic E-state index is 11.8. The normalized spacial score (nSPS) is 26.0. The van der Waals surface area contributed by atoms with Crippen LogP contribution in [0.5, 0.6) is 0 Å². The van der Waals surface area contributed by atoms with Crippen molar-refractivity contribution in [1.82, 2.24) is 15.5 Å². The van der Waals surface area contributed by atoms with Crippen molar-refractivity contribution in [2.75, 3.05) is 25.9 Å². The van der Waals surface area contributed by atoms with Crippen LogP contribution in [0.15, 0.2) is 0 Å². The van der Waals surface area contributed by atoms with Gasteiger partial charge in [0.2, 0.25) is 0 Å². The van der Waals surface area contributed by atoms with E-state index in [4.69, 9.17) is 5.11 Å². The molecule has 0 aromatic carbocycles. The second kappa shape index (κ2) is 6.87. The summed E-state index contributed by atoms with van der Waals surface area (Å²) in [5.41, 5.74) is 0. The monoisotopic (exact) mass is 315 g/mol. The minimum absolute atomic E-state index is 0.0797. The molecule has 21 heavy (non-hydrogen) atoms. The maximum atomic E-state index is 11.8. The summed E-state index contributed by atoms with van der Waals surface area (Å²) in [4.78, 5) is 24.5. The molecular weight excluding hydrogens is 290 g/mol. The molecule has 0 bridgehead atoms. The second-order valence-corrected chi connectivity index (χ2v) is 7.27. The van der Waals surface area contributed by atoms with Crippen LogP contribution >= 0.6 is 11.8 Å². The number of carbonyl (C=O) groups excluding carboxylic acids is 1. The van der Waals surface area contributed by atoms with Gasteiger partial charge in [0.15, 0.2) is 0 Å². The van der Waals surface area contributed by atoms with Gasteiger partial charge in [-0.3, -0.25) is 9.69 Å². The number of likely N-dealkylation sites (N-methyl/N-ethyl adjacent to an activating group) is 1. The molecule has 0 spiro atoms. The van der Waals surface area contributed by atoms with Gasteiger partial charge in [0.1, 0.15) is 0 Å². The highest BCUT2D eigenvalue weighted by molar-refractivity contribution is 8.00. The molecule has 3 N–H and O–H groups in total.